The normalized spacial score (nSPS) is 11.7. The molecule has 0 unspecified atom stereocenters. The van der Waals surface area contributed by atoms with E-state index in [4.69, 9.17) is 9.97 Å². The van der Waals surface area contributed by atoms with E-state index in [2.05, 4.69) is 132 Å². The molecule has 0 fully saturated rings. The van der Waals surface area contributed by atoms with E-state index < -0.39 is 0 Å². The number of hydrogen-bond donors (Lipinski definition) is 0. The van der Waals surface area contributed by atoms with Gasteiger partial charge in [-0.15, -0.1) is 0 Å². The van der Waals surface area contributed by atoms with E-state index in [9.17, 15) is 0 Å². The summed E-state index contributed by atoms with van der Waals surface area (Å²) in [5.41, 5.74) is 8.29. The third-order valence-electron chi connectivity index (χ3n) is 8.56. The smallest absolute Gasteiger partial charge is 0.165 e. The molecule has 0 aliphatic rings. The molecule has 0 saturated heterocycles. The predicted octanol–water partition coefficient (Wildman–Crippen LogP) is 10.4. The van der Waals surface area contributed by atoms with Crippen LogP contribution in [-0.2, 0) is 0 Å². The molecule has 0 spiro atoms. The summed E-state index contributed by atoms with van der Waals surface area (Å²) >= 11 is 0. The zero-order valence-electron chi connectivity index (χ0n) is 23.3. The number of fused-ring (bicyclic) bond motifs is 6. The van der Waals surface area contributed by atoms with Gasteiger partial charge in [0.05, 0.1) is 22.1 Å². The van der Waals surface area contributed by atoms with Crippen molar-refractivity contribution in [2.75, 3.05) is 0 Å². The molecule has 0 saturated carbocycles. The summed E-state index contributed by atoms with van der Waals surface area (Å²) in [6.45, 7) is 0. The number of benzene rings is 7. The minimum Gasteiger partial charge on any atom is -0.292 e. The van der Waals surface area contributed by atoms with Crippen molar-refractivity contribution in [1.29, 1.82) is 0 Å². The van der Waals surface area contributed by atoms with Crippen LogP contribution in [0, 0.1) is 0 Å². The summed E-state index contributed by atoms with van der Waals surface area (Å²) in [6, 6.07) is 53.7. The van der Waals surface area contributed by atoms with Gasteiger partial charge in [0, 0.05) is 16.3 Å². The van der Waals surface area contributed by atoms with Crippen LogP contribution < -0.4 is 0 Å². The summed E-state index contributed by atoms with van der Waals surface area (Å²) in [6.07, 6.45) is 0. The van der Waals surface area contributed by atoms with E-state index in [1.54, 1.807) is 0 Å². The van der Waals surface area contributed by atoms with Gasteiger partial charge in [-0.1, -0.05) is 121 Å². The lowest BCUT2D eigenvalue weighted by atomic mass is 9.97. The van der Waals surface area contributed by atoms with Gasteiger partial charge >= 0.3 is 0 Å². The van der Waals surface area contributed by atoms with Crippen LogP contribution in [0.3, 0.4) is 0 Å². The molecule has 3 heteroatoms. The fourth-order valence-electron chi connectivity index (χ4n) is 6.51. The molecule has 0 N–H and O–H groups in total. The quantitative estimate of drug-likeness (QED) is 0.220. The second-order valence-electron chi connectivity index (χ2n) is 11.1. The van der Waals surface area contributed by atoms with Crippen molar-refractivity contribution >= 4 is 54.4 Å². The van der Waals surface area contributed by atoms with E-state index in [1.807, 2.05) is 24.3 Å². The van der Waals surface area contributed by atoms with E-state index in [0.717, 1.165) is 39.1 Å². The van der Waals surface area contributed by atoms with Crippen LogP contribution >= 0.6 is 0 Å². The fourth-order valence-corrected chi connectivity index (χ4v) is 6.51. The van der Waals surface area contributed by atoms with Gasteiger partial charge in [0.1, 0.15) is 5.69 Å². The van der Waals surface area contributed by atoms with Crippen LogP contribution in [0.2, 0.25) is 0 Å². The van der Waals surface area contributed by atoms with Gasteiger partial charge < -0.3 is 0 Å². The molecular formula is C40H25N3. The highest BCUT2D eigenvalue weighted by atomic mass is 15.1. The Morgan fingerprint density at radius 2 is 1.00 bits per heavy atom. The van der Waals surface area contributed by atoms with E-state index in [0.29, 0.717) is 0 Å². The Morgan fingerprint density at radius 1 is 0.395 bits per heavy atom. The minimum atomic E-state index is 0.832. The van der Waals surface area contributed by atoms with Crippen LogP contribution in [0.25, 0.3) is 82.6 Å². The molecule has 0 bridgehead atoms. The SMILES string of the molecule is c1ccc2cc3c(cc2c1)c1ccccc1n3-c1nc2ccccc2nc1-c1ccc(-c2cccc3ccccc23)cc1. The summed E-state index contributed by atoms with van der Waals surface area (Å²) in [5.74, 6) is 0.832. The Bertz CT molecular complexity index is 2500. The molecule has 2 heterocycles. The minimum absolute atomic E-state index is 0.832. The lowest BCUT2D eigenvalue weighted by molar-refractivity contribution is 1.08. The second-order valence-corrected chi connectivity index (χ2v) is 11.1. The number of para-hydroxylation sites is 3. The molecule has 0 aliphatic carbocycles. The second kappa shape index (κ2) is 9.37. The largest absolute Gasteiger partial charge is 0.292 e. The van der Waals surface area contributed by atoms with Crippen LogP contribution in [-0.4, -0.2) is 14.5 Å². The third-order valence-corrected chi connectivity index (χ3v) is 8.56. The maximum absolute atomic E-state index is 5.30. The van der Waals surface area contributed by atoms with Gasteiger partial charge in [-0.3, -0.25) is 4.57 Å². The van der Waals surface area contributed by atoms with E-state index in [1.165, 1.54) is 43.4 Å². The number of rotatable bonds is 3. The van der Waals surface area contributed by atoms with Gasteiger partial charge in [-0.25, -0.2) is 9.97 Å². The van der Waals surface area contributed by atoms with Crippen LogP contribution in [0.15, 0.2) is 152 Å². The Hall–Kier alpha value is -5.80. The summed E-state index contributed by atoms with van der Waals surface area (Å²) in [5, 5.41) is 7.34. The van der Waals surface area contributed by atoms with Crippen molar-refractivity contribution in [2.24, 2.45) is 0 Å². The first-order chi connectivity index (χ1) is 21.3. The van der Waals surface area contributed by atoms with Gasteiger partial charge in [0.25, 0.3) is 0 Å². The van der Waals surface area contributed by atoms with Crippen LogP contribution in [0.1, 0.15) is 0 Å². The Balaban J connectivity index is 1.31. The molecule has 0 atom stereocenters. The van der Waals surface area contributed by atoms with Gasteiger partial charge in [-0.05, 0) is 63.0 Å². The van der Waals surface area contributed by atoms with Crippen molar-refractivity contribution < 1.29 is 0 Å². The lowest BCUT2D eigenvalue weighted by Crippen LogP contribution is -2.03. The lowest BCUT2D eigenvalue weighted by Gasteiger charge is -2.14. The van der Waals surface area contributed by atoms with Crippen LogP contribution in [0.5, 0.6) is 0 Å². The average molecular weight is 548 g/mol. The van der Waals surface area contributed by atoms with Crippen LogP contribution in [0.4, 0.5) is 0 Å². The Labute approximate surface area is 248 Å². The van der Waals surface area contributed by atoms with E-state index in [-0.39, 0.29) is 0 Å². The molecule has 7 aromatic carbocycles. The predicted molar refractivity (Wildman–Crippen MR) is 180 cm³/mol. The number of aromatic nitrogens is 3. The number of hydrogen-bond acceptors (Lipinski definition) is 2. The fraction of sp³-hybridized carbons (Fsp3) is 0. The summed E-state index contributed by atoms with van der Waals surface area (Å²) in [4.78, 5) is 10.5. The highest BCUT2D eigenvalue weighted by molar-refractivity contribution is 6.14. The van der Waals surface area contributed by atoms with Crippen molar-refractivity contribution in [1.82, 2.24) is 14.5 Å². The Morgan fingerprint density at radius 3 is 1.81 bits per heavy atom. The first kappa shape index (κ1) is 23.9. The van der Waals surface area contributed by atoms with Crippen molar-refractivity contribution in [3.63, 3.8) is 0 Å². The van der Waals surface area contributed by atoms with E-state index >= 15 is 0 Å². The van der Waals surface area contributed by atoms with Crippen molar-refractivity contribution in [3.05, 3.63) is 152 Å². The standard InChI is InChI=1S/C40H25N3/c1-2-12-30-25-38-34(24-29(30)11-1)33-15-5-8-19-37(33)43(38)40-39(41-35-17-6-7-18-36(35)42-40)28-22-20-27(21-23-28)32-16-9-13-26-10-3-4-14-31(26)32/h1-25H. The molecule has 0 radical (unpaired) electrons. The monoisotopic (exact) mass is 547 g/mol. The molecule has 200 valence electrons. The molecule has 43 heavy (non-hydrogen) atoms. The van der Waals surface area contributed by atoms with Gasteiger partial charge in [-0.2, -0.15) is 0 Å². The molecule has 0 aliphatic heterocycles. The highest BCUT2D eigenvalue weighted by Crippen LogP contribution is 2.38. The highest BCUT2D eigenvalue weighted by Gasteiger charge is 2.19. The molecule has 0 amide bonds. The molecule has 9 aromatic rings. The zero-order valence-corrected chi connectivity index (χ0v) is 23.3. The van der Waals surface area contributed by atoms with Crippen molar-refractivity contribution in [3.8, 4) is 28.2 Å². The topological polar surface area (TPSA) is 30.7 Å². The maximum Gasteiger partial charge on any atom is 0.165 e. The average Bonchev–Trinajstić information content (AvgIpc) is 3.39. The van der Waals surface area contributed by atoms with Gasteiger partial charge in [0.2, 0.25) is 0 Å². The Kier molecular flexibility index (Phi) is 5.20. The van der Waals surface area contributed by atoms with Crippen molar-refractivity contribution in [2.45, 2.75) is 0 Å². The maximum atomic E-state index is 5.30. The molecule has 9 rings (SSSR count). The summed E-state index contributed by atoms with van der Waals surface area (Å²) in [7, 11) is 0. The molecule has 2 aromatic heterocycles. The third kappa shape index (κ3) is 3.75. The van der Waals surface area contributed by atoms with Gasteiger partial charge in [0.15, 0.2) is 5.82 Å². The first-order valence-corrected chi connectivity index (χ1v) is 14.6. The molecule has 3 nitrogen and oxygen atoms in total. The first-order valence-electron chi connectivity index (χ1n) is 14.6. The molecular weight excluding hydrogens is 522 g/mol. The summed E-state index contributed by atoms with van der Waals surface area (Å²) < 4.78 is 2.30. The number of nitrogens with zero attached hydrogens (tertiary/aromatic N) is 3. The zero-order chi connectivity index (χ0) is 28.3.